The highest BCUT2D eigenvalue weighted by molar-refractivity contribution is 4.94. The molecule has 0 bridgehead atoms. The molecular weight excluding hydrogens is 210 g/mol. The van der Waals surface area contributed by atoms with Crippen LogP contribution in [0, 0.1) is 5.41 Å². The average molecular weight is 237 g/mol. The minimum absolute atomic E-state index is 0.549. The SMILES string of the molecule is CCC1(CNC2CCN(C3CC3)C2)CCNC1. The van der Waals surface area contributed by atoms with Gasteiger partial charge in [0.05, 0.1) is 0 Å². The van der Waals surface area contributed by atoms with Crippen LogP contribution in [0.3, 0.4) is 0 Å². The van der Waals surface area contributed by atoms with Crippen molar-refractivity contribution in [3.05, 3.63) is 0 Å². The number of nitrogens with zero attached hydrogens (tertiary/aromatic N) is 1. The van der Waals surface area contributed by atoms with E-state index in [1.807, 2.05) is 0 Å². The average Bonchev–Trinajstić information content (AvgIpc) is 2.94. The molecule has 0 radical (unpaired) electrons. The van der Waals surface area contributed by atoms with Crippen LogP contribution < -0.4 is 10.6 Å². The predicted molar refractivity (Wildman–Crippen MR) is 71.2 cm³/mol. The molecule has 17 heavy (non-hydrogen) atoms. The van der Waals surface area contributed by atoms with Gasteiger partial charge in [0.25, 0.3) is 0 Å². The molecule has 0 amide bonds. The molecule has 2 N–H and O–H groups in total. The standard InChI is InChI=1S/C14H27N3/c1-2-14(6-7-15-10-14)11-16-12-5-8-17(9-12)13-3-4-13/h12-13,15-16H,2-11H2,1H3. The monoisotopic (exact) mass is 237 g/mol. The van der Waals surface area contributed by atoms with E-state index < -0.39 is 0 Å². The van der Waals surface area contributed by atoms with Gasteiger partial charge >= 0.3 is 0 Å². The molecule has 3 rings (SSSR count). The number of nitrogens with one attached hydrogen (secondary N) is 2. The molecule has 2 unspecified atom stereocenters. The summed E-state index contributed by atoms with van der Waals surface area (Å²) >= 11 is 0. The van der Waals surface area contributed by atoms with Crippen LogP contribution in [-0.2, 0) is 0 Å². The summed E-state index contributed by atoms with van der Waals surface area (Å²) in [5.41, 5.74) is 0.549. The van der Waals surface area contributed by atoms with Crippen molar-refractivity contribution < 1.29 is 0 Å². The van der Waals surface area contributed by atoms with Gasteiger partial charge in [0.15, 0.2) is 0 Å². The molecule has 3 aliphatic rings. The number of hydrogen-bond donors (Lipinski definition) is 2. The maximum atomic E-state index is 3.85. The van der Waals surface area contributed by atoms with Crippen molar-refractivity contribution in [1.29, 1.82) is 0 Å². The zero-order valence-electron chi connectivity index (χ0n) is 11.2. The lowest BCUT2D eigenvalue weighted by Crippen LogP contribution is -2.42. The number of likely N-dealkylation sites (tertiary alicyclic amines) is 1. The summed E-state index contributed by atoms with van der Waals surface area (Å²) in [5.74, 6) is 0. The molecule has 2 aliphatic heterocycles. The third-order valence-electron chi connectivity index (χ3n) is 5.13. The summed E-state index contributed by atoms with van der Waals surface area (Å²) in [5, 5.41) is 7.37. The van der Waals surface area contributed by atoms with Crippen LogP contribution in [0.1, 0.15) is 39.0 Å². The van der Waals surface area contributed by atoms with Gasteiger partial charge in [-0.15, -0.1) is 0 Å². The first kappa shape index (κ1) is 11.9. The Hall–Kier alpha value is -0.120. The Balaban J connectivity index is 1.44. The third kappa shape index (κ3) is 2.67. The van der Waals surface area contributed by atoms with Gasteiger partial charge < -0.3 is 10.6 Å². The van der Waals surface area contributed by atoms with E-state index in [9.17, 15) is 0 Å². The molecule has 3 heteroatoms. The van der Waals surface area contributed by atoms with Crippen molar-refractivity contribution in [2.75, 3.05) is 32.7 Å². The van der Waals surface area contributed by atoms with E-state index in [2.05, 4.69) is 22.5 Å². The second-order valence-electron chi connectivity index (χ2n) is 6.37. The van der Waals surface area contributed by atoms with E-state index in [0.29, 0.717) is 5.41 Å². The highest BCUT2D eigenvalue weighted by Gasteiger charge is 2.36. The van der Waals surface area contributed by atoms with Crippen molar-refractivity contribution in [2.45, 2.75) is 51.1 Å². The summed E-state index contributed by atoms with van der Waals surface area (Å²) in [6, 6.07) is 1.72. The predicted octanol–water partition coefficient (Wildman–Crippen LogP) is 1.20. The third-order valence-corrected chi connectivity index (χ3v) is 5.13. The molecular formula is C14H27N3. The van der Waals surface area contributed by atoms with E-state index in [1.54, 1.807) is 0 Å². The van der Waals surface area contributed by atoms with E-state index in [1.165, 1.54) is 64.8 Å². The van der Waals surface area contributed by atoms with E-state index >= 15 is 0 Å². The largest absolute Gasteiger partial charge is 0.316 e. The molecule has 3 fully saturated rings. The van der Waals surface area contributed by atoms with Gasteiger partial charge in [-0.1, -0.05) is 6.92 Å². The number of rotatable bonds is 5. The molecule has 1 saturated carbocycles. The maximum absolute atomic E-state index is 3.85. The molecule has 0 aromatic carbocycles. The molecule has 0 aromatic rings. The lowest BCUT2D eigenvalue weighted by atomic mass is 9.84. The van der Waals surface area contributed by atoms with Crippen molar-refractivity contribution in [2.24, 2.45) is 5.41 Å². The highest BCUT2D eigenvalue weighted by atomic mass is 15.2. The zero-order chi connectivity index (χ0) is 11.7. The molecule has 1 aliphatic carbocycles. The first-order valence-electron chi connectivity index (χ1n) is 7.49. The Morgan fingerprint density at radius 2 is 2.24 bits per heavy atom. The molecule has 98 valence electrons. The van der Waals surface area contributed by atoms with E-state index in [0.717, 1.165) is 12.1 Å². The van der Waals surface area contributed by atoms with Gasteiger partial charge in [-0.2, -0.15) is 0 Å². The Kier molecular flexibility index (Phi) is 3.42. The van der Waals surface area contributed by atoms with Gasteiger partial charge in [-0.3, -0.25) is 4.90 Å². The quantitative estimate of drug-likeness (QED) is 0.752. The second kappa shape index (κ2) is 4.87. The normalized spacial score (nSPS) is 39.0. The smallest absolute Gasteiger partial charge is 0.0207 e. The summed E-state index contributed by atoms with van der Waals surface area (Å²) in [6.45, 7) is 8.64. The molecule has 2 saturated heterocycles. The first-order chi connectivity index (χ1) is 8.31. The van der Waals surface area contributed by atoms with Gasteiger partial charge in [0, 0.05) is 38.3 Å². The van der Waals surface area contributed by atoms with Crippen molar-refractivity contribution in [3.63, 3.8) is 0 Å². The summed E-state index contributed by atoms with van der Waals surface area (Å²) < 4.78 is 0. The second-order valence-corrected chi connectivity index (χ2v) is 6.37. The zero-order valence-corrected chi connectivity index (χ0v) is 11.2. The fourth-order valence-electron chi connectivity index (χ4n) is 3.46. The van der Waals surface area contributed by atoms with Crippen molar-refractivity contribution in [1.82, 2.24) is 15.5 Å². The van der Waals surface area contributed by atoms with E-state index in [4.69, 9.17) is 0 Å². The lowest BCUT2D eigenvalue weighted by Gasteiger charge is -2.29. The van der Waals surface area contributed by atoms with Gasteiger partial charge in [0.1, 0.15) is 0 Å². The van der Waals surface area contributed by atoms with Crippen LogP contribution in [0.2, 0.25) is 0 Å². The Labute approximate surface area is 105 Å². The van der Waals surface area contributed by atoms with Crippen LogP contribution in [-0.4, -0.2) is 49.7 Å². The van der Waals surface area contributed by atoms with E-state index in [-0.39, 0.29) is 0 Å². The number of hydrogen-bond acceptors (Lipinski definition) is 3. The van der Waals surface area contributed by atoms with Crippen LogP contribution in [0.4, 0.5) is 0 Å². The lowest BCUT2D eigenvalue weighted by molar-refractivity contribution is 0.268. The fourth-order valence-corrected chi connectivity index (χ4v) is 3.46. The highest BCUT2D eigenvalue weighted by Crippen LogP contribution is 2.31. The van der Waals surface area contributed by atoms with Crippen LogP contribution >= 0.6 is 0 Å². The fraction of sp³-hybridized carbons (Fsp3) is 1.00. The van der Waals surface area contributed by atoms with Crippen molar-refractivity contribution >= 4 is 0 Å². The minimum Gasteiger partial charge on any atom is -0.316 e. The summed E-state index contributed by atoms with van der Waals surface area (Å²) in [6.07, 6.45) is 6.94. The Morgan fingerprint density at radius 1 is 1.35 bits per heavy atom. The first-order valence-corrected chi connectivity index (χ1v) is 7.49. The Bertz CT molecular complexity index is 256. The topological polar surface area (TPSA) is 27.3 Å². The molecule has 2 atom stereocenters. The van der Waals surface area contributed by atoms with Crippen molar-refractivity contribution in [3.8, 4) is 0 Å². The Morgan fingerprint density at radius 3 is 2.88 bits per heavy atom. The molecule has 0 spiro atoms. The van der Waals surface area contributed by atoms with Gasteiger partial charge in [0.2, 0.25) is 0 Å². The summed E-state index contributed by atoms with van der Waals surface area (Å²) in [4.78, 5) is 2.70. The molecule has 0 aromatic heterocycles. The molecule has 2 heterocycles. The molecule has 3 nitrogen and oxygen atoms in total. The van der Waals surface area contributed by atoms with Gasteiger partial charge in [-0.05, 0) is 44.1 Å². The maximum Gasteiger partial charge on any atom is 0.0207 e. The summed E-state index contributed by atoms with van der Waals surface area (Å²) in [7, 11) is 0. The van der Waals surface area contributed by atoms with Crippen LogP contribution in [0.15, 0.2) is 0 Å². The van der Waals surface area contributed by atoms with Gasteiger partial charge in [-0.25, -0.2) is 0 Å². The van der Waals surface area contributed by atoms with Crippen LogP contribution in [0.25, 0.3) is 0 Å². The van der Waals surface area contributed by atoms with Crippen LogP contribution in [0.5, 0.6) is 0 Å². The minimum atomic E-state index is 0.549.